The Morgan fingerprint density at radius 2 is 1.90 bits per heavy atom. The number of hydrogen-bond donors (Lipinski definition) is 0. The fraction of sp³-hybridized carbons (Fsp3) is 0.407. The van der Waals surface area contributed by atoms with E-state index in [0.717, 1.165) is 54.0 Å². The highest BCUT2D eigenvalue weighted by Gasteiger charge is 2.23. The molecule has 2 atom stereocenters. The largest absolute Gasteiger partial charge is 0.356 e. The number of fused-ring (bicyclic) bond motifs is 1. The van der Waals surface area contributed by atoms with Crippen LogP contribution in [-0.4, -0.2) is 27.7 Å². The van der Waals surface area contributed by atoms with Crippen LogP contribution in [0.2, 0.25) is 0 Å². The minimum Gasteiger partial charge on any atom is -0.356 e. The number of pyridine rings is 2. The van der Waals surface area contributed by atoms with Gasteiger partial charge in [-0.05, 0) is 73.3 Å². The van der Waals surface area contributed by atoms with Crippen LogP contribution in [0.5, 0.6) is 0 Å². The molecule has 31 heavy (non-hydrogen) atoms. The van der Waals surface area contributed by atoms with Crippen molar-refractivity contribution in [2.24, 2.45) is 11.8 Å². The first-order valence-electron chi connectivity index (χ1n) is 11.5. The number of nitrogens with zero attached hydrogens (tertiary/aromatic N) is 4. The molecule has 3 aromatic heterocycles. The summed E-state index contributed by atoms with van der Waals surface area (Å²) in [6.45, 7) is 6.82. The molecule has 4 heterocycles. The second kappa shape index (κ2) is 8.23. The van der Waals surface area contributed by atoms with E-state index in [1.807, 2.05) is 10.7 Å². The van der Waals surface area contributed by atoms with Gasteiger partial charge in [0.15, 0.2) is 0 Å². The first kappa shape index (κ1) is 19.9. The predicted octanol–water partition coefficient (Wildman–Crippen LogP) is 5.82. The normalized spacial score (nSPS) is 21.7. The molecule has 2 unspecified atom stereocenters. The summed E-state index contributed by atoms with van der Waals surface area (Å²) in [6, 6.07) is 6.62. The van der Waals surface area contributed by atoms with Gasteiger partial charge in [-0.15, -0.1) is 6.42 Å². The van der Waals surface area contributed by atoms with Crippen LogP contribution in [-0.2, 0) is 0 Å². The van der Waals surface area contributed by atoms with Crippen LogP contribution in [0.3, 0.4) is 0 Å². The smallest absolute Gasteiger partial charge is 0.128 e. The van der Waals surface area contributed by atoms with E-state index in [4.69, 9.17) is 11.4 Å². The molecule has 1 saturated heterocycles. The van der Waals surface area contributed by atoms with Crippen molar-refractivity contribution in [3.05, 3.63) is 54.0 Å². The Labute approximate surface area is 185 Å². The number of terminal acetylenes is 1. The van der Waals surface area contributed by atoms with Crippen molar-refractivity contribution >= 4 is 16.9 Å². The lowest BCUT2D eigenvalue weighted by atomic mass is 9.92. The van der Waals surface area contributed by atoms with Crippen molar-refractivity contribution in [3.8, 4) is 23.5 Å². The highest BCUT2D eigenvalue weighted by molar-refractivity contribution is 5.87. The first-order valence-corrected chi connectivity index (χ1v) is 11.5. The van der Waals surface area contributed by atoms with Crippen LogP contribution in [0.15, 0.2) is 42.9 Å². The summed E-state index contributed by atoms with van der Waals surface area (Å²) in [6.07, 6.45) is 20.2. The molecule has 0 spiro atoms. The summed E-state index contributed by atoms with van der Waals surface area (Å²) in [5, 5.41) is 4.56. The summed E-state index contributed by atoms with van der Waals surface area (Å²) in [5.41, 5.74) is 6.64. The number of aromatic nitrogens is 3. The molecule has 0 saturated carbocycles. The van der Waals surface area contributed by atoms with Gasteiger partial charge < -0.3 is 4.90 Å². The van der Waals surface area contributed by atoms with E-state index >= 15 is 0 Å². The standard InChI is InChI=1S/C27H30N4/c1-4-21-15-29-31-18-24(22-8-6-5-7-9-22)13-25(27(21)31)23-10-11-26(28-14-23)30-16-19(2)12-20(3)17-30/h1,8,10-11,13-15,18-20H,5-7,9,12,16-17H2,2-3H3. The van der Waals surface area contributed by atoms with Crippen molar-refractivity contribution in [3.63, 3.8) is 0 Å². The van der Waals surface area contributed by atoms with Crippen molar-refractivity contribution in [1.82, 2.24) is 14.6 Å². The lowest BCUT2D eigenvalue weighted by molar-refractivity contribution is 0.355. The Morgan fingerprint density at radius 3 is 2.58 bits per heavy atom. The van der Waals surface area contributed by atoms with Gasteiger partial charge in [0.05, 0.1) is 17.3 Å². The average Bonchev–Trinajstić information content (AvgIpc) is 3.22. The van der Waals surface area contributed by atoms with Crippen LogP contribution < -0.4 is 4.90 Å². The molecule has 4 nitrogen and oxygen atoms in total. The van der Waals surface area contributed by atoms with E-state index in [1.54, 1.807) is 6.20 Å². The molecular formula is C27H30N4. The van der Waals surface area contributed by atoms with Crippen LogP contribution in [0, 0.1) is 24.2 Å². The van der Waals surface area contributed by atoms with E-state index < -0.39 is 0 Å². The van der Waals surface area contributed by atoms with E-state index in [9.17, 15) is 0 Å². The third kappa shape index (κ3) is 3.85. The quantitative estimate of drug-likeness (QED) is 0.510. The summed E-state index contributed by atoms with van der Waals surface area (Å²) in [7, 11) is 0. The molecular weight excluding hydrogens is 380 g/mol. The molecule has 1 aliphatic heterocycles. The highest BCUT2D eigenvalue weighted by Crippen LogP contribution is 2.34. The van der Waals surface area contributed by atoms with Gasteiger partial charge in [-0.2, -0.15) is 5.10 Å². The predicted molar refractivity (Wildman–Crippen MR) is 128 cm³/mol. The fourth-order valence-electron chi connectivity index (χ4n) is 5.31. The van der Waals surface area contributed by atoms with Gasteiger partial charge in [-0.3, -0.25) is 0 Å². The van der Waals surface area contributed by atoms with Crippen LogP contribution in [0.25, 0.3) is 22.2 Å². The summed E-state index contributed by atoms with van der Waals surface area (Å²) >= 11 is 0. The van der Waals surface area contributed by atoms with Gasteiger partial charge in [0.2, 0.25) is 0 Å². The zero-order chi connectivity index (χ0) is 21.4. The second-order valence-corrected chi connectivity index (χ2v) is 9.37. The van der Waals surface area contributed by atoms with Crippen LogP contribution in [0.4, 0.5) is 5.82 Å². The molecule has 0 amide bonds. The number of rotatable bonds is 3. The van der Waals surface area contributed by atoms with Gasteiger partial charge in [0.25, 0.3) is 0 Å². The summed E-state index contributed by atoms with van der Waals surface area (Å²) < 4.78 is 1.94. The van der Waals surface area contributed by atoms with Crippen LogP contribution in [0.1, 0.15) is 57.1 Å². The Bertz CT molecular complexity index is 1150. The van der Waals surface area contributed by atoms with Crippen molar-refractivity contribution in [2.45, 2.75) is 46.0 Å². The van der Waals surface area contributed by atoms with Crippen molar-refractivity contribution in [1.29, 1.82) is 0 Å². The fourth-order valence-corrected chi connectivity index (χ4v) is 5.31. The Hall–Kier alpha value is -3.06. The average molecular weight is 411 g/mol. The monoisotopic (exact) mass is 410 g/mol. The molecule has 0 N–H and O–H groups in total. The second-order valence-electron chi connectivity index (χ2n) is 9.37. The summed E-state index contributed by atoms with van der Waals surface area (Å²) in [5.74, 6) is 5.28. The van der Waals surface area contributed by atoms with E-state index in [-0.39, 0.29) is 0 Å². The van der Waals surface area contributed by atoms with Gasteiger partial charge in [-0.25, -0.2) is 9.50 Å². The summed E-state index contributed by atoms with van der Waals surface area (Å²) in [4.78, 5) is 7.29. The number of hydrogen-bond acceptors (Lipinski definition) is 3. The Morgan fingerprint density at radius 1 is 1.06 bits per heavy atom. The Balaban J connectivity index is 1.56. The number of piperidine rings is 1. The maximum atomic E-state index is 5.80. The van der Waals surface area contributed by atoms with Crippen LogP contribution >= 0.6 is 0 Å². The van der Waals surface area contributed by atoms with Gasteiger partial charge in [0.1, 0.15) is 5.82 Å². The maximum Gasteiger partial charge on any atom is 0.128 e. The zero-order valence-electron chi connectivity index (χ0n) is 18.5. The SMILES string of the molecule is C#Cc1cnn2cc(C3=CCCCC3)cc(-c3ccc(N4CC(C)CC(C)C4)nc3)c12. The maximum absolute atomic E-state index is 5.80. The third-order valence-electron chi connectivity index (χ3n) is 6.68. The van der Waals surface area contributed by atoms with E-state index in [1.165, 1.54) is 30.4 Å². The molecule has 158 valence electrons. The molecule has 0 aromatic carbocycles. The van der Waals surface area contributed by atoms with Gasteiger partial charge in [0, 0.05) is 36.6 Å². The molecule has 3 aromatic rings. The lowest BCUT2D eigenvalue weighted by Gasteiger charge is -2.35. The number of anilines is 1. The van der Waals surface area contributed by atoms with Gasteiger partial charge >= 0.3 is 0 Å². The topological polar surface area (TPSA) is 33.4 Å². The zero-order valence-corrected chi connectivity index (χ0v) is 18.5. The Kier molecular flexibility index (Phi) is 5.28. The minimum absolute atomic E-state index is 0.704. The molecule has 2 aliphatic rings. The number of allylic oxidation sites excluding steroid dienone is 2. The minimum atomic E-state index is 0.704. The first-order chi connectivity index (χ1) is 15.1. The molecule has 1 fully saturated rings. The van der Waals surface area contributed by atoms with E-state index in [2.05, 4.69) is 60.2 Å². The molecule has 5 rings (SSSR count). The molecule has 0 radical (unpaired) electrons. The third-order valence-corrected chi connectivity index (χ3v) is 6.68. The van der Waals surface area contributed by atoms with Crippen molar-refractivity contribution < 1.29 is 0 Å². The van der Waals surface area contributed by atoms with E-state index in [0.29, 0.717) is 11.8 Å². The van der Waals surface area contributed by atoms with Crippen molar-refractivity contribution in [2.75, 3.05) is 18.0 Å². The molecule has 0 bridgehead atoms. The molecule has 1 aliphatic carbocycles. The lowest BCUT2D eigenvalue weighted by Crippen LogP contribution is -2.39. The van der Waals surface area contributed by atoms with Gasteiger partial charge in [-0.1, -0.05) is 25.8 Å². The highest BCUT2D eigenvalue weighted by atomic mass is 15.2. The molecule has 4 heteroatoms.